The van der Waals surface area contributed by atoms with Gasteiger partial charge in [0, 0.05) is 65.7 Å². The van der Waals surface area contributed by atoms with Crippen molar-refractivity contribution < 1.29 is 13.3 Å². The molecule has 6 nitrogen and oxygen atoms in total. The number of hydrogen-bond donors (Lipinski definition) is 0. The maximum Gasteiger partial charge on any atom is 0.136 e. The van der Waals surface area contributed by atoms with E-state index in [-0.39, 0.29) is 0 Å². The molecule has 24 aromatic carbocycles. The molecule has 0 saturated heterocycles. The molecule has 1 aliphatic rings. The third kappa shape index (κ3) is 15.1. The molecule has 6 heterocycles. The molecular weight excluding hydrogens is 1810 g/mol. The normalized spacial score (nSPS) is 11.8. The first-order valence-electron chi connectivity index (χ1n) is 50.9. The SMILES string of the molecule is c1ccc(-c2cc(-c3ccccc3)nc(-c3cccc4oc5ccc(-c6cc7ccc8cccc9ccc(c6)c7c89)cc5c34)c2)cc1.c1ccc(-c2cc(-c3ccccc3)nc(-c3cccc4oc5ccc(-c6ccc(-c7ccc8c9ccccc9c9ccccc9c8c7)cc6)cc5c34)c2)cc1.c1ccc(-c2cc(-c3ccccc3)nc(-c3cccc4oc5ccc(-c6ccc7c8c(cccc68)-c6ccccc6-7)cc5c34)c2)cc1. The van der Waals surface area contributed by atoms with Crippen LogP contribution in [0.2, 0.25) is 0 Å². The Morgan fingerprint density at radius 1 is 0.107 bits per heavy atom. The van der Waals surface area contributed by atoms with Crippen LogP contribution in [0.5, 0.6) is 0 Å². The van der Waals surface area contributed by atoms with Crippen molar-refractivity contribution in [2.45, 2.75) is 0 Å². The molecule has 6 heteroatoms. The summed E-state index contributed by atoms with van der Waals surface area (Å²) >= 11 is 0. The summed E-state index contributed by atoms with van der Waals surface area (Å²) in [7, 11) is 0. The van der Waals surface area contributed by atoms with Crippen LogP contribution in [-0.2, 0) is 0 Å². The van der Waals surface area contributed by atoms with Gasteiger partial charge in [0.05, 0.1) is 34.2 Å². The molecule has 1 aliphatic carbocycles. The summed E-state index contributed by atoms with van der Waals surface area (Å²) in [5.41, 5.74) is 38.8. The van der Waals surface area contributed by atoms with Crippen molar-refractivity contribution in [1.29, 1.82) is 0 Å². The van der Waals surface area contributed by atoms with Gasteiger partial charge in [-0.2, -0.15) is 0 Å². The molecule has 0 atom stereocenters. The predicted molar refractivity (Wildman–Crippen MR) is 623 cm³/mol. The molecule has 0 spiro atoms. The van der Waals surface area contributed by atoms with Gasteiger partial charge in [-0.3, -0.25) is 0 Å². The largest absolute Gasteiger partial charge is 0.456 e. The van der Waals surface area contributed by atoms with Crippen molar-refractivity contribution in [3.05, 3.63) is 528 Å². The third-order valence-corrected chi connectivity index (χ3v) is 30.3. The van der Waals surface area contributed by atoms with E-state index in [0.717, 1.165) is 183 Å². The van der Waals surface area contributed by atoms with Gasteiger partial charge in [0.2, 0.25) is 0 Å². The third-order valence-electron chi connectivity index (χ3n) is 30.3. The van der Waals surface area contributed by atoms with Crippen LogP contribution in [0.25, 0.3) is 309 Å². The number of hydrogen-bond acceptors (Lipinski definition) is 6. The van der Waals surface area contributed by atoms with E-state index in [4.69, 9.17) is 28.2 Å². The van der Waals surface area contributed by atoms with Crippen molar-refractivity contribution in [2.75, 3.05) is 0 Å². The lowest BCUT2D eigenvalue weighted by Crippen LogP contribution is -1.91. The van der Waals surface area contributed by atoms with E-state index in [2.05, 4.69) is 510 Å². The smallest absolute Gasteiger partial charge is 0.136 e. The number of rotatable bonds is 13. The number of benzene rings is 24. The summed E-state index contributed by atoms with van der Waals surface area (Å²) in [6, 6.07) is 188. The lowest BCUT2D eigenvalue weighted by Gasteiger charge is -2.13. The zero-order valence-electron chi connectivity index (χ0n) is 80.8. The first kappa shape index (κ1) is 85.9. The molecule has 0 saturated carbocycles. The fraction of sp³-hybridized carbons (Fsp3) is 0. The van der Waals surface area contributed by atoms with E-state index in [1.165, 1.54) is 125 Å². The Labute approximate surface area is 858 Å². The molecule has 31 rings (SSSR count). The molecule has 149 heavy (non-hydrogen) atoms. The molecule has 0 unspecified atom stereocenters. The van der Waals surface area contributed by atoms with Crippen LogP contribution in [0, 0.1) is 0 Å². The zero-order chi connectivity index (χ0) is 98.1. The lowest BCUT2D eigenvalue weighted by atomic mass is 9.91. The van der Waals surface area contributed by atoms with Crippen molar-refractivity contribution >= 4 is 141 Å². The topological polar surface area (TPSA) is 78.1 Å². The molecule has 0 amide bonds. The summed E-state index contributed by atoms with van der Waals surface area (Å²) < 4.78 is 19.4. The van der Waals surface area contributed by atoms with Gasteiger partial charge in [-0.15, -0.1) is 0 Å². The molecule has 0 N–H and O–H groups in total. The van der Waals surface area contributed by atoms with Gasteiger partial charge in [-0.1, -0.05) is 419 Å². The molecular formula is C143H87N3O3. The Bertz CT molecular complexity index is 10300. The summed E-state index contributed by atoms with van der Waals surface area (Å²) in [4.78, 5) is 15.8. The Morgan fingerprint density at radius 2 is 0.376 bits per heavy atom. The summed E-state index contributed by atoms with van der Waals surface area (Å²) in [5, 5.41) is 24.6. The van der Waals surface area contributed by atoms with Gasteiger partial charge in [0.15, 0.2) is 0 Å². The zero-order valence-corrected chi connectivity index (χ0v) is 80.8. The van der Waals surface area contributed by atoms with Gasteiger partial charge < -0.3 is 13.3 Å². The number of nitrogens with zero attached hydrogens (tertiary/aromatic N) is 3. The second-order valence-corrected chi connectivity index (χ2v) is 38.9. The highest BCUT2D eigenvalue weighted by Crippen LogP contribution is 2.53. The minimum absolute atomic E-state index is 0.852. The Balaban J connectivity index is 0.000000106. The summed E-state index contributed by atoms with van der Waals surface area (Å²) in [5.74, 6) is 0. The Kier molecular flexibility index (Phi) is 20.6. The highest BCUT2D eigenvalue weighted by Gasteiger charge is 2.27. The molecule has 0 radical (unpaired) electrons. The van der Waals surface area contributed by atoms with E-state index in [9.17, 15) is 0 Å². The van der Waals surface area contributed by atoms with Crippen molar-refractivity contribution in [3.63, 3.8) is 0 Å². The lowest BCUT2D eigenvalue weighted by molar-refractivity contribution is 0.668. The standard InChI is InChI=1S/C53H33NO.2C45H27NO/c1-3-12-34(13-4-1)40-32-49(37-14-5-2-6-15-37)54-50(33-40)46-20-11-21-52-53(46)48-31-39(27-29-51(48)55-52)36-24-22-35(23-25-36)38-26-28-45-43-18-8-7-16-41(43)42-17-9-10-19-44(42)47(45)30-38;1-3-9-28(10-4-1)36-26-39(29-11-5-2-6-12-29)46-40(27-36)37-15-8-16-42-45(37)38-25-32(21-22-41(38)47-42)35-23-33-19-17-30-13-7-14-31-18-20-34(24-35)44(33)43(30)31;1-3-11-28(12-4-1)31-26-40(29-13-5-2-6-14-29)46-41(27-31)38-19-10-20-43-45(38)39-25-30(21-24-42(39)47-43)32-22-23-37-34-16-8-7-15-33(34)36-18-9-17-35(32)44(36)37/h1-33H;2*1-27H. The molecule has 0 bridgehead atoms. The highest BCUT2D eigenvalue weighted by molar-refractivity contribution is 6.28. The molecule has 0 aliphatic heterocycles. The fourth-order valence-electron chi connectivity index (χ4n) is 23.2. The molecule has 0 fully saturated rings. The van der Waals surface area contributed by atoms with Crippen LogP contribution >= 0.6 is 0 Å². The van der Waals surface area contributed by atoms with Crippen LogP contribution in [0.15, 0.2) is 541 Å². The van der Waals surface area contributed by atoms with E-state index < -0.39 is 0 Å². The Hall–Kier alpha value is -19.8. The van der Waals surface area contributed by atoms with Crippen LogP contribution in [0.4, 0.5) is 0 Å². The van der Waals surface area contributed by atoms with E-state index in [0.29, 0.717) is 0 Å². The molecule has 30 aromatic rings. The highest BCUT2D eigenvalue weighted by atomic mass is 16.3. The number of aromatic nitrogens is 3. The van der Waals surface area contributed by atoms with Gasteiger partial charge in [0.25, 0.3) is 0 Å². The summed E-state index contributed by atoms with van der Waals surface area (Å²) in [6.07, 6.45) is 0. The summed E-state index contributed by atoms with van der Waals surface area (Å²) in [6.45, 7) is 0. The fourth-order valence-corrected chi connectivity index (χ4v) is 23.2. The Morgan fingerprint density at radius 3 is 0.799 bits per heavy atom. The van der Waals surface area contributed by atoms with Crippen LogP contribution in [0.1, 0.15) is 0 Å². The monoisotopic (exact) mass is 1890 g/mol. The van der Waals surface area contributed by atoms with E-state index >= 15 is 0 Å². The molecule has 692 valence electrons. The number of fused-ring (bicyclic) bond motifs is 18. The van der Waals surface area contributed by atoms with Crippen molar-refractivity contribution in [3.8, 4) is 168 Å². The maximum atomic E-state index is 6.49. The van der Waals surface area contributed by atoms with Crippen LogP contribution in [0.3, 0.4) is 0 Å². The van der Waals surface area contributed by atoms with Crippen molar-refractivity contribution in [2.24, 2.45) is 0 Å². The maximum absolute atomic E-state index is 6.49. The van der Waals surface area contributed by atoms with Crippen LogP contribution < -0.4 is 0 Å². The van der Waals surface area contributed by atoms with Gasteiger partial charge in [0.1, 0.15) is 33.5 Å². The first-order chi connectivity index (χ1) is 73.8. The van der Waals surface area contributed by atoms with E-state index in [1.54, 1.807) is 0 Å². The average Bonchev–Trinajstić information content (AvgIpc) is 1.28. The van der Waals surface area contributed by atoms with Crippen LogP contribution in [-0.4, -0.2) is 15.0 Å². The van der Waals surface area contributed by atoms with Gasteiger partial charge >= 0.3 is 0 Å². The second-order valence-electron chi connectivity index (χ2n) is 38.9. The predicted octanol–water partition coefficient (Wildman–Crippen LogP) is 39.8. The number of pyridine rings is 3. The van der Waals surface area contributed by atoms with Crippen molar-refractivity contribution in [1.82, 2.24) is 15.0 Å². The number of furan rings is 3. The first-order valence-corrected chi connectivity index (χ1v) is 50.9. The second kappa shape index (κ2) is 35.7. The van der Waals surface area contributed by atoms with E-state index in [1.807, 2.05) is 18.2 Å². The van der Waals surface area contributed by atoms with Gasteiger partial charge in [-0.05, 0) is 285 Å². The quantitative estimate of drug-likeness (QED) is 0.107. The molecule has 6 aromatic heterocycles. The minimum atomic E-state index is 0.852. The minimum Gasteiger partial charge on any atom is -0.456 e. The average molecular weight is 1900 g/mol. The van der Waals surface area contributed by atoms with Gasteiger partial charge in [-0.25, -0.2) is 15.0 Å².